The van der Waals surface area contributed by atoms with Crippen LogP contribution < -0.4 is 0 Å². The highest BCUT2D eigenvalue weighted by Crippen LogP contribution is 2.54. The van der Waals surface area contributed by atoms with Gasteiger partial charge in [0.25, 0.3) is 0 Å². The summed E-state index contributed by atoms with van der Waals surface area (Å²) in [5.74, 6) is 0. The standard InChI is InChI=1S/C88H50N8/c1-89-64-27-12-7-20-48(64)76-74(89)39-59-46-19-6-14-29-66(46)93-72-41-62-73(42-61(72)78(76)85(59)93)96-69-33-32-43(34-52(69)60-40-75-77(79(62)86(60)96)49-21-8-13-28-65(49)90(75)2)44-24-17-25-47-56-36-58-54-38-70-53(37-71(54)95-68-31-16-10-23-51(68)81(88(58)95)84(56)92(4)82(44)47)57-35-55-45-18-5-11-26-63(45)91(3)83(55)80-50-22-9-15-30-67(50)94(70)87(57)80/h5-42H,1-4H3. The fraction of sp³-hybridized carbons (Fsp3) is 0.0455. The van der Waals surface area contributed by atoms with Crippen molar-refractivity contribution >= 4 is 240 Å². The van der Waals surface area contributed by atoms with Crippen molar-refractivity contribution < 1.29 is 0 Å². The van der Waals surface area contributed by atoms with Crippen LogP contribution in [-0.2, 0) is 28.2 Å². The van der Waals surface area contributed by atoms with Crippen LogP contribution in [0.25, 0.3) is 251 Å². The minimum absolute atomic E-state index is 1.21. The topological polar surface area (TPSA) is 37.4 Å². The Morgan fingerprint density at radius 2 is 0.500 bits per heavy atom. The molecule has 12 heterocycles. The predicted octanol–water partition coefficient (Wildman–Crippen LogP) is 22.5. The molecule has 442 valence electrons. The van der Waals surface area contributed by atoms with Crippen molar-refractivity contribution in [2.24, 2.45) is 28.2 Å². The Kier molecular flexibility index (Phi) is 7.83. The van der Waals surface area contributed by atoms with E-state index >= 15 is 0 Å². The van der Waals surface area contributed by atoms with Crippen LogP contribution in [0.4, 0.5) is 0 Å². The smallest absolute Gasteiger partial charge is 0.0641 e. The summed E-state index contributed by atoms with van der Waals surface area (Å²) in [7, 11) is 9.06. The minimum atomic E-state index is 1.21. The van der Waals surface area contributed by atoms with Gasteiger partial charge in [-0.1, -0.05) is 133 Å². The van der Waals surface area contributed by atoms with Crippen molar-refractivity contribution in [3.63, 3.8) is 0 Å². The van der Waals surface area contributed by atoms with Crippen LogP contribution in [0.5, 0.6) is 0 Å². The van der Waals surface area contributed by atoms with E-state index in [9.17, 15) is 0 Å². The Labute approximate surface area is 542 Å². The summed E-state index contributed by atoms with van der Waals surface area (Å²) in [5.41, 5.74) is 27.6. The molecule has 96 heavy (non-hydrogen) atoms. The van der Waals surface area contributed by atoms with Gasteiger partial charge in [0.1, 0.15) is 0 Å². The van der Waals surface area contributed by atoms with Crippen molar-refractivity contribution in [1.29, 1.82) is 0 Å². The van der Waals surface area contributed by atoms with Gasteiger partial charge in [0.15, 0.2) is 0 Å². The molecular weight excluding hydrogens is 1170 g/mol. The molecule has 12 aromatic heterocycles. The average Bonchev–Trinajstić information content (AvgIpc) is 1.51. The van der Waals surface area contributed by atoms with Crippen LogP contribution in [0.2, 0.25) is 0 Å². The van der Waals surface area contributed by atoms with Crippen LogP contribution in [0.1, 0.15) is 0 Å². The molecule has 8 heteroatoms. The Morgan fingerprint density at radius 1 is 0.167 bits per heavy atom. The van der Waals surface area contributed by atoms with E-state index in [2.05, 4.69) is 295 Å². The predicted molar refractivity (Wildman–Crippen MR) is 406 cm³/mol. The molecule has 0 aliphatic carbocycles. The lowest BCUT2D eigenvalue weighted by molar-refractivity contribution is 1.02. The third-order valence-electron chi connectivity index (χ3n) is 24.1. The molecule has 8 nitrogen and oxygen atoms in total. The number of fused-ring (bicyclic) bond motifs is 40. The highest BCUT2D eigenvalue weighted by molar-refractivity contribution is 6.42. The first kappa shape index (κ1) is 48.3. The zero-order chi connectivity index (χ0) is 62.0. The Morgan fingerprint density at radius 3 is 1.03 bits per heavy atom. The normalized spacial score (nSPS) is 13.4. The van der Waals surface area contributed by atoms with E-state index in [1.807, 2.05) is 0 Å². The minimum Gasteiger partial charge on any atom is -0.344 e. The third-order valence-corrected chi connectivity index (χ3v) is 24.1. The van der Waals surface area contributed by atoms with Crippen LogP contribution in [0.3, 0.4) is 0 Å². The number of benzene rings is 14. The number of aromatic nitrogens is 8. The molecule has 0 N–H and O–H groups in total. The number of hydrogen-bond donors (Lipinski definition) is 0. The molecule has 26 rings (SSSR count). The first-order chi connectivity index (χ1) is 47.4. The highest BCUT2D eigenvalue weighted by Gasteiger charge is 2.31. The fourth-order valence-corrected chi connectivity index (χ4v) is 20.4. The van der Waals surface area contributed by atoms with Crippen LogP contribution in [-0.4, -0.2) is 35.9 Å². The van der Waals surface area contributed by atoms with Gasteiger partial charge in [0, 0.05) is 180 Å². The second kappa shape index (κ2) is 15.6. The van der Waals surface area contributed by atoms with Crippen molar-refractivity contribution in [2.45, 2.75) is 0 Å². The summed E-state index contributed by atoms with van der Waals surface area (Å²) >= 11 is 0. The summed E-state index contributed by atoms with van der Waals surface area (Å²) < 4.78 is 20.2. The first-order valence-electron chi connectivity index (χ1n) is 33.6. The van der Waals surface area contributed by atoms with E-state index in [4.69, 9.17) is 0 Å². The maximum atomic E-state index is 2.63. The van der Waals surface area contributed by atoms with Crippen LogP contribution >= 0.6 is 0 Å². The molecule has 0 fully saturated rings. The van der Waals surface area contributed by atoms with E-state index in [1.165, 1.54) is 251 Å². The summed E-state index contributed by atoms with van der Waals surface area (Å²) in [4.78, 5) is 0. The number of nitrogens with zero attached hydrogens (tertiary/aromatic N) is 8. The van der Waals surface area contributed by atoms with E-state index in [-0.39, 0.29) is 0 Å². The molecule has 26 aromatic rings. The maximum absolute atomic E-state index is 2.63. The molecule has 0 radical (unpaired) electrons. The van der Waals surface area contributed by atoms with Gasteiger partial charge < -0.3 is 35.9 Å². The number of rotatable bonds is 1. The maximum Gasteiger partial charge on any atom is 0.0641 e. The van der Waals surface area contributed by atoms with Crippen molar-refractivity contribution in [3.05, 3.63) is 231 Å². The van der Waals surface area contributed by atoms with Crippen molar-refractivity contribution in [1.82, 2.24) is 35.9 Å². The Bertz CT molecular complexity index is 8240. The quantitative estimate of drug-likeness (QED) is 0.157. The molecule has 0 saturated heterocycles. The summed E-state index contributed by atoms with van der Waals surface area (Å²) in [5, 5.41) is 31.1. The number of hydrogen-bond acceptors (Lipinski definition) is 0. The molecule has 0 bridgehead atoms. The second-order valence-corrected chi connectivity index (χ2v) is 28.1. The van der Waals surface area contributed by atoms with Gasteiger partial charge in [-0.05, 0) is 103 Å². The van der Waals surface area contributed by atoms with E-state index < -0.39 is 0 Å². The Hall–Kier alpha value is -12.5. The van der Waals surface area contributed by atoms with E-state index in [0.29, 0.717) is 0 Å². The van der Waals surface area contributed by atoms with Crippen molar-refractivity contribution in [2.75, 3.05) is 0 Å². The SMILES string of the molecule is Cn1c2ccccc2c2c3c4cc5c(cc4n4c6ccccc6c(cc21)c34)c1c2c3ccccc3n(C)c2cc2c3cc(-c4cccc6c7cc8c9cc%10c(cc9n9c%11ccccc%11c(c7n(C)c46)c89)c4cc6c7ccccc7n(C)c6c6c7ccccc7n%10c46)ccc3n5c21. The van der Waals surface area contributed by atoms with E-state index in [1.54, 1.807) is 0 Å². The van der Waals surface area contributed by atoms with Crippen molar-refractivity contribution in [3.8, 4) is 11.1 Å². The molecule has 0 amide bonds. The largest absolute Gasteiger partial charge is 0.344 e. The molecule has 0 unspecified atom stereocenters. The van der Waals surface area contributed by atoms with Gasteiger partial charge >= 0.3 is 0 Å². The molecule has 0 atom stereocenters. The Balaban J connectivity index is 0.755. The zero-order valence-electron chi connectivity index (χ0n) is 52.5. The lowest BCUT2D eigenvalue weighted by atomic mass is 9.97. The third kappa shape index (κ3) is 5.01. The summed E-state index contributed by atoms with van der Waals surface area (Å²) in [6.45, 7) is 0. The molecular formula is C88H50N8. The van der Waals surface area contributed by atoms with E-state index in [0.717, 1.165) is 0 Å². The van der Waals surface area contributed by atoms with Crippen LogP contribution in [0, 0.1) is 0 Å². The molecule has 14 aromatic carbocycles. The summed E-state index contributed by atoms with van der Waals surface area (Å²) in [6.07, 6.45) is 0. The van der Waals surface area contributed by atoms with Gasteiger partial charge in [-0.25, -0.2) is 0 Å². The molecule has 0 aliphatic heterocycles. The zero-order valence-corrected chi connectivity index (χ0v) is 52.5. The lowest BCUT2D eigenvalue weighted by Gasteiger charge is -2.09. The average molecular weight is 1220 g/mol. The molecule has 0 saturated carbocycles. The van der Waals surface area contributed by atoms with Gasteiger partial charge in [0.05, 0.1) is 93.8 Å². The molecule has 0 aliphatic rings. The first-order valence-corrected chi connectivity index (χ1v) is 33.6. The molecule has 0 spiro atoms. The fourth-order valence-electron chi connectivity index (χ4n) is 20.4. The second-order valence-electron chi connectivity index (χ2n) is 28.1. The van der Waals surface area contributed by atoms with Gasteiger partial charge in [-0.15, -0.1) is 0 Å². The highest BCUT2D eigenvalue weighted by atomic mass is 15.0. The van der Waals surface area contributed by atoms with Gasteiger partial charge in [0.2, 0.25) is 0 Å². The number of para-hydroxylation sites is 7. The summed E-state index contributed by atoms with van der Waals surface area (Å²) in [6, 6.07) is 88.8. The lowest BCUT2D eigenvalue weighted by Crippen LogP contribution is -1.91. The van der Waals surface area contributed by atoms with Gasteiger partial charge in [-0.2, -0.15) is 0 Å². The van der Waals surface area contributed by atoms with Crippen LogP contribution in [0.15, 0.2) is 231 Å². The van der Waals surface area contributed by atoms with Gasteiger partial charge in [-0.3, -0.25) is 0 Å². The monoisotopic (exact) mass is 1220 g/mol. The number of aryl methyl sites for hydroxylation is 4.